The Balaban J connectivity index is 1.55. The Morgan fingerprint density at radius 3 is 2.47 bits per heavy atom. The number of thiazole rings is 1. The number of carbonyl (C=O) groups excluding carboxylic acids is 2. The minimum atomic E-state index is -3.60. The molecule has 1 saturated heterocycles. The van der Waals surface area contributed by atoms with Gasteiger partial charge in [-0.3, -0.25) is 9.59 Å². The van der Waals surface area contributed by atoms with E-state index in [-0.39, 0.29) is 43.0 Å². The Bertz CT molecular complexity index is 1430. The summed E-state index contributed by atoms with van der Waals surface area (Å²) in [4.78, 5) is 31.6. The van der Waals surface area contributed by atoms with Gasteiger partial charge in [0, 0.05) is 23.9 Å². The summed E-state index contributed by atoms with van der Waals surface area (Å²) in [5.41, 5.74) is 1.81. The van der Waals surface area contributed by atoms with Crippen molar-refractivity contribution in [2.45, 2.75) is 43.0 Å². The Labute approximate surface area is 219 Å². The third-order valence-electron chi connectivity index (χ3n) is 6.15. The molecule has 1 fully saturated rings. The van der Waals surface area contributed by atoms with Crippen LogP contribution in [0.4, 0.5) is 0 Å². The largest absolute Gasteiger partial charge is 0.465 e. The zero-order valence-corrected chi connectivity index (χ0v) is 22.9. The van der Waals surface area contributed by atoms with E-state index in [1.807, 2.05) is 31.4 Å². The first-order valence-corrected chi connectivity index (χ1v) is 15.2. The average molecular weight is 548 g/mol. The van der Waals surface area contributed by atoms with Crippen molar-refractivity contribution in [1.82, 2.24) is 8.87 Å². The Morgan fingerprint density at radius 2 is 1.83 bits per heavy atom. The Kier molecular flexibility index (Phi) is 8.34. The quantitative estimate of drug-likeness (QED) is 0.330. The maximum Gasteiger partial charge on any atom is 0.326 e. The number of fused-ring (bicyclic) bond motifs is 1. The van der Waals surface area contributed by atoms with Gasteiger partial charge < -0.3 is 9.30 Å². The van der Waals surface area contributed by atoms with E-state index in [1.165, 1.54) is 15.6 Å². The van der Waals surface area contributed by atoms with Gasteiger partial charge in [0.1, 0.15) is 6.54 Å². The molecule has 2 aromatic carbocycles. The molecule has 1 amide bonds. The van der Waals surface area contributed by atoms with Crippen LogP contribution in [0.1, 0.15) is 25.3 Å². The van der Waals surface area contributed by atoms with E-state index in [4.69, 9.17) is 4.74 Å². The zero-order chi connectivity index (χ0) is 25.9. The molecule has 0 atom stereocenters. The van der Waals surface area contributed by atoms with E-state index in [1.54, 1.807) is 47.5 Å². The molecule has 0 radical (unpaired) electrons. The lowest BCUT2D eigenvalue weighted by Gasteiger charge is -2.29. The number of esters is 1. The number of benzene rings is 2. The fourth-order valence-electron chi connectivity index (χ4n) is 4.14. The average Bonchev–Trinajstić information content (AvgIpc) is 3.20. The molecule has 8 nitrogen and oxygen atoms in total. The van der Waals surface area contributed by atoms with Gasteiger partial charge in [-0.15, -0.1) is 11.8 Å². The summed E-state index contributed by atoms with van der Waals surface area (Å²) >= 11 is 2.97. The van der Waals surface area contributed by atoms with Crippen molar-refractivity contribution in [1.29, 1.82) is 0 Å². The highest BCUT2D eigenvalue weighted by Crippen LogP contribution is 2.26. The van der Waals surface area contributed by atoms with Crippen LogP contribution in [0, 0.1) is 12.8 Å². The molecule has 4 rings (SSSR count). The van der Waals surface area contributed by atoms with Gasteiger partial charge in [-0.1, -0.05) is 29.0 Å². The number of sulfonamides is 1. The fourth-order valence-corrected chi connectivity index (χ4v) is 7.20. The molecule has 2 heterocycles. The maximum absolute atomic E-state index is 13.1. The summed E-state index contributed by atoms with van der Waals surface area (Å²) < 4.78 is 35.2. The highest BCUT2D eigenvalue weighted by molar-refractivity contribution is 7.98. The van der Waals surface area contributed by atoms with Crippen LogP contribution in [0.2, 0.25) is 0 Å². The Hall–Kier alpha value is -2.47. The van der Waals surface area contributed by atoms with Gasteiger partial charge in [0.05, 0.1) is 21.7 Å². The second-order valence-electron chi connectivity index (χ2n) is 8.55. The first kappa shape index (κ1) is 26.6. The minimum absolute atomic E-state index is 0.0359. The van der Waals surface area contributed by atoms with Crippen LogP contribution >= 0.6 is 23.1 Å². The summed E-state index contributed by atoms with van der Waals surface area (Å²) in [5, 5.41) is 0. The van der Waals surface area contributed by atoms with Crippen LogP contribution in [0.3, 0.4) is 0 Å². The standard InChI is InChI=1S/C25H29N3O5S3/c1-4-33-23(29)16-28-21-10-7-19(34-3)15-22(21)35-25(28)26-24(30)18-11-13-27(14-12-18)36(31,32)20-8-5-17(2)6-9-20/h5-10,15,18H,4,11-14,16H2,1-3H3. The summed E-state index contributed by atoms with van der Waals surface area (Å²) in [6.07, 6.45) is 2.78. The number of ether oxygens (including phenoxy) is 1. The maximum atomic E-state index is 13.1. The topological polar surface area (TPSA) is 98.0 Å². The SMILES string of the molecule is CCOC(=O)Cn1c(=NC(=O)C2CCN(S(=O)(=O)c3ccc(C)cc3)CC2)sc2cc(SC)ccc21. The second-order valence-corrected chi connectivity index (χ2v) is 12.4. The Morgan fingerprint density at radius 1 is 1.14 bits per heavy atom. The lowest BCUT2D eigenvalue weighted by Crippen LogP contribution is -2.40. The molecule has 0 N–H and O–H groups in total. The molecule has 11 heteroatoms. The number of amides is 1. The first-order chi connectivity index (χ1) is 17.2. The van der Waals surface area contributed by atoms with Crippen LogP contribution in [-0.2, 0) is 30.9 Å². The van der Waals surface area contributed by atoms with E-state index in [2.05, 4.69) is 4.99 Å². The van der Waals surface area contributed by atoms with Crippen LogP contribution in [0.15, 0.2) is 57.2 Å². The monoisotopic (exact) mass is 547 g/mol. The van der Waals surface area contributed by atoms with Gasteiger partial charge >= 0.3 is 5.97 Å². The molecule has 1 aromatic heterocycles. The van der Waals surface area contributed by atoms with E-state index >= 15 is 0 Å². The van der Waals surface area contributed by atoms with Crippen molar-refractivity contribution in [2.75, 3.05) is 26.0 Å². The van der Waals surface area contributed by atoms with E-state index in [0.29, 0.717) is 17.6 Å². The van der Waals surface area contributed by atoms with Crippen LogP contribution in [-0.4, -0.2) is 55.1 Å². The number of thioether (sulfide) groups is 1. The number of nitrogens with zero attached hydrogens (tertiary/aromatic N) is 3. The number of rotatable bonds is 7. The van der Waals surface area contributed by atoms with Crippen molar-refractivity contribution >= 4 is 55.2 Å². The summed E-state index contributed by atoms with van der Waals surface area (Å²) in [7, 11) is -3.60. The molecule has 3 aromatic rings. The minimum Gasteiger partial charge on any atom is -0.465 e. The third-order valence-corrected chi connectivity index (χ3v) is 9.83. The number of piperidine rings is 1. The van der Waals surface area contributed by atoms with Crippen LogP contribution in [0.25, 0.3) is 10.2 Å². The number of aromatic nitrogens is 1. The summed E-state index contributed by atoms with van der Waals surface area (Å²) in [5.74, 6) is -1.07. The normalized spacial score (nSPS) is 15.9. The smallest absolute Gasteiger partial charge is 0.326 e. The van der Waals surface area contributed by atoms with E-state index in [0.717, 1.165) is 20.7 Å². The second kappa shape index (κ2) is 11.3. The number of aryl methyl sites for hydroxylation is 1. The van der Waals surface area contributed by atoms with Crippen molar-refractivity contribution in [3.63, 3.8) is 0 Å². The lowest BCUT2D eigenvalue weighted by atomic mass is 9.98. The molecule has 1 aliphatic rings. The van der Waals surface area contributed by atoms with Gasteiger partial charge in [-0.05, 0) is 63.3 Å². The molecule has 0 unspecified atom stereocenters. The molecule has 0 saturated carbocycles. The molecule has 0 spiro atoms. The molecule has 1 aliphatic heterocycles. The molecular formula is C25H29N3O5S3. The summed E-state index contributed by atoms with van der Waals surface area (Å²) in [6, 6.07) is 12.7. The first-order valence-electron chi connectivity index (χ1n) is 11.7. The van der Waals surface area contributed by atoms with Gasteiger partial charge in [0.2, 0.25) is 10.0 Å². The molecule has 192 valence electrons. The van der Waals surface area contributed by atoms with Gasteiger partial charge in [-0.25, -0.2) is 8.42 Å². The zero-order valence-electron chi connectivity index (χ0n) is 20.5. The number of carbonyl (C=O) groups is 2. The third kappa shape index (κ3) is 5.74. The summed E-state index contributed by atoms with van der Waals surface area (Å²) in [6.45, 7) is 4.41. The van der Waals surface area contributed by atoms with Crippen molar-refractivity contribution in [3.8, 4) is 0 Å². The predicted octanol–water partition coefficient (Wildman–Crippen LogP) is 3.82. The number of hydrogen-bond acceptors (Lipinski definition) is 7. The molecular weight excluding hydrogens is 518 g/mol. The highest BCUT2D eigenvalue weighted by atomic mass is 32.2. The molecule has 0 bridgehead atoms. The van der Waals surface area contributed by atoms with Gasteiger partial charge in [0.25, 0.3) is 5.91 Å². The highest BCUT2D eigenvalue weighted by Gasteiger charge is 2.32. The lowest BCUT2D eigenvalue weighted by molar-refractivity contribution is -0.143. The van der Waals surface area contributed by atoms with Gasteiger partial charge in [-0.2, -0.15) is 9.30 Å². The van der Waals surface area contributed by atoms with Crippen LogP contribution < -0.4 is 4.80 Å². The van der Waals surface area contributed by atoms with E-state index < -0.39 is 16.0 Å². The van der Waals surface area contributed by atoms with Crippen molar-refractivity contribution in [2.24, 2.45) is 10.9 Å². The predicted molar refractivity (Wildman–Crippen MR) is 141 cm³/mol. The fraction of sp³-hybridized carbons (Fsp3) is 0.400. The molecule has 0 aliphatic carbocycles. The van der Waals surface area contributed by atoms with Gasteiger partial charge in [0.15, 0.2) is 4.80 Å². The van der Waals surface area contributed by atoms with Crippen molar-refractivity contribution in [3.05, 3.63) is 52.8 Å². The molecule has 36 heavy (non-hydrogen) atoms. The number of hydrogen-bond donors (Lipinski definition) is 0. The van der Waals surface area contributed by atoms with E-state index in [9.17, 15) is 18.0 Å². The van der Waals surface area contributed by atoms with Crippen LogP contribution in [0.5, 0.6) is 0 Å². The van der Waals surface area contributed by atoms with Crippen molar-refractivity contribution < 1.29 is 22.7 Å².